The maximum Gasteiger partial charge on any atom is 0.101 e. The summed E-state index contributed by atoms with van der Waals surface area (Å²) in [5.74, 6) is 0. The van der Waals surface area contributed by atoms with Crippen LogP contribution >= 0.6 is 0 Å². The number of hydrogen-bond acceptors (Lipinski definition) is 2. The van der Waals surface area contributed by atoms with E-state index in [0.717, 1.165) is 77.4 Å². The van der Waals surface area contributed by atoms with Crippen LogP contribution < -0.4 is 0 Å². The number of fused-ring (bicyclic) bond motifs is 6. The van der Waals surface area contributed by atoms with E-state index in [0.29, 0.717) is 11.1 Å². The normalized spacial score (nSPS) is 11.2. The van der Waals surface area contributed by atoms with Crippen molar-refractivity contribution in [2.45, 2.75) is 0 Å². The molecule has 9 aromatic rings. The average molecular weight is 637 g/mol. The highest BCUT2D eigenvalue weighted by molar-refractivity contribution is 6.11. The van der Waals surface area contributed by atoms with Crippen molar-refractivity contribution in [3.8, 4) is 45.8 Å². The number of benzene rings is 7. The van der Waals surface area contributed by atoms with E-state index in [1.54, 1.807) is 0 Å². The van der Waals surface area contributed by atoms with Gasteiger partial charge < -0.3 is 9.13 Å². The lowest BCUT2D eigenvalue weighted by atomic mass is 9.95. The van der Waals surface area contributed by atoms with Crippen molar-refractivity contribution < 1.29 is 0 Å². The SMILES string of the molecule is C=Cc1ccc2c(c1)c1ccccc1n2-c1ccc(-c2ccccc2)cc1-c1ccc(-n2c3ccccc3c3cc(C#N)ccc32)c(C#N)c1. The molecule has 0 amide bonds. The highest BCUT2D eigenvalue weighted by Crippen LogP contribution is 2.40. The van der Waals surface area contributed by atoms with Gasteiger partial charge in [0.2, 0.25) is 0 Å². The molecule has 0 atom stereocenters. The number of rotatable bonds is 5. The summed E-state index contributed by atoms with van der Waals surface area (Å²) in [7, 11) is 0. The molecule has 2 heterocycles. The predicted molar refractivity (Wildman–Crippen MR) is 206 cm³/mol. The molecule has 4 heteroatoms. The maximum absolute atomic E-state index is 10.7. The molecule has 4 nitrogen and oxygen atoms in total. The van der Waals surface area contributed by atoms with E-state index in [1.807, 2.05) is 48.5 Å². The lowest BCUT2D eigenvalue weighted by Gasteiger charge is -2.17. The van der Waals surface area contributed by atoms with Gasteiger partial charge >= 0.3 is 0 Å². The number of nitriles is 2. The Bertz CT molecular complexity index is 2910. The van der Waals surface area contributed by atoms with Gasteiger partial charge in [0, 0.05) is 27.1 Å². The molecule has 0 spiro atoms. The van der Waals surface area contributed by atoms with Gasteiger partial charge in [-0.2, -0.15) is 10.5 Å². The Morgan fingerprint density at radius 1 is 0.460 bits per heavy atom. The second kappa shape index (κ2) is 11.5. The molecule has 0 saturated heterocycles. The number of hydrogen-bond donors (Lipinski definition) is 0. The van der Waals surface area contributed by atoms with Crippen molar-refractivity contribution in [3.63, 3.8) is 0 Å². The summed E-state index contributed by atoms with van der Waals surface area (Å²) in [6, 6.07) is 56.9. The van der Waals surface area contributed by atoms with Gasteiger partial charge in [-0.3, -0.25) is 0 Å². The Kier molecular flexibility index (Phi) is 6.69. The predicted octanol–water partition coefficient (Wildman–Crippen LogP) is 11.6. The Morgan fingerprint density at radius 3 is 1.76 bits per heavy atom. The van der Waals surface area contributed by atoms with Gasteiger partial charge in [0.15, 0.2) is 0 Å². The molecule has 0 unspecified atom stereocenters. The molecule has 7 aromatic carbocycles. The molecular weight excluding hydrogens is 609 g/mol. The summed E-state index contributed by atoms with van der Waals surface area (Å²) in [5, 5.41) is 24.7. The molecule has 0 N–H and O–H groups in total. The second-order valence-electron chi connectivity index (χ2n) is 12.5. The van der Waals surface area contributed by atoms with E-state index in [1.165, 1.54) is 5.39 Å². The Balaban J connectivity index is 1.31. The fourth-order valence-corrected chi connectivity index (χ4v) is 7.44. The van der Waals surface area contributed by atoms with Gasteiger partial charge in [0.05, 0.1) is 50.6 Å². The third-order valence-corrected chi connectivity index (χ3v) is 9.75. The van der Waals surface area contributed by atoms with E-state index < -0.39 is 0 Å². The first-order valence-corrected chi connectivity index (χ1v) is 16.5. The van der Waals surface area contributed by atoms with Gasteiger partial charge in [-0.25, -0.2) is 0 Å². The minimum atomic E-state index is 0.559. The van der Waals surface area contributed by atoms with Crippen LogP contribution in [0.15, 0.2) is 158 Å². The number of nitrogens with zero attached hydrogens (tertiary/aromatic N) is 4. The first-order valence-electron chi connectivity index (χ1n) is 16.5. The number of aromatic nitrogens is 2. The summed E-state index contributed by atoms with van der Waals surface area (Å²) in [6.07, 6.45) is 1.89. The van der Waals surface area contributed by atoms with Gasteiger partial charge in [0.25, 0.3) is 0 Å². The lowest BCUT2D eigenvalue weighted by molar-refractivity contribution is 1.16. The molecule has 232 valence electrons. The second-order valence-corrected chi connectivity index (χ2v) is 12.5. The van der Waals surface area contributed by atoms with E-state index in [2.05, 4.69) is 137 Å². The molecule has 0 aliphatic rings. The zero-order chi connectivity index (χ0) is 33.8. The summed E-state index contributed by atoms with van der Waals surface area (Å²) >= 11 is 0. The van der Waals surface area contributed by atoms with Crippen LogP contribution in [0.4, 0.5) is 0 Å². The Hall–Kier alpha value is -7.14. The zero-order valence-corrected chi connectivity index (χ0v) is 27.0. The van der Waals surface area contributed by atoms with Crippen molar-refractivity contribution in [2.24, 2.45) is 0 Å². The first-order chi connectivity index (χ1) is 24.7. The largest absolute Gasteiger partial charge is 0.309 e. The smallest absolute Gasteiger partial charge is 0.101 e. The minimum Gasteiger partial charge on any atom is -0.309 e. The molecule has 2 aromatic heterocycles. The van der Waals surface area contributed by atoms with E-state index in [9.17, 15) is 10.5 Å². The maximum atomic E-state index is 10.7. The highest BCUT2D eigenvalue weighted by Gasteiger charge is 2.20. The van der Waals surface area contributed by atoms with Crippen LogP contribution in [0.2, 0.25) is 0 Å². The van der Waals surface area contributed by atoms with Crippen LogP contribution in [0, 0.1) is 22.7 Å². The third-order valence-electron chi connectivity index (χ3n) is 9.75. The van der Waals surface area contributed by atoms with Gasteiger partial charge in [-0.15, -0.1) is 0 Å². The molecule has 50 heavy (non-hydrogen) atoms. The van der Waals surface area contributed by atoms with Crippen LogP contribution in [0.3, 0.4) is 0 Å². The molecule has 0 aliphatic carbocycles. The quantitative estimate of drug-likeness (QED) is 0.189. The zero-order valence-electron chi connectivity index (χ0n) is 27.0. The molecule has 0 saturated carbocycles. The standard InChI is InChI=1S/C46H28N4/c1-2-30-16-20-46-39(24-30)36-12-7-9-15-43(36)50(46)44-23-18-33(32-10-4-3-5-11-32)27-38(44)34-19-22-41(35(26-34)29-48)49-42-14-8-6-13-37(42)40-25-31(28-47)17-21-45(40)49/h2-27H,1H2. The van der Waals surface area contributed by atoms with E-state index in [-0.39, 0.29) is 0 Å². The molecule has 0 bridgehead atoms. The van der Waals surface area contributed by atoms with E-state index in [4.69, 9.17) is 0 Å². The summed E-state index contributed by atoms with van der Waals surface area (Å²) < 4.78 is 4.47. The van der Waals surface area contributed by atoms with Crippen LogP contribution in [-0.4, -0.2) is 9.13 Å². The fraction of sp³-hybridized carbons (Fsp3) is 0. The molecular formula is C46H28N4. The highest BCUT2D eigenvalue weighted by atomic mass is 15.0. The monoisotopic (exact) mass is 636 g/mol. The lowest BCUT2D eigenvalue weighted by Crippen LogP contribution is -2.00. The Labute approximate surface area is 289 Å². The van der Waals surface area contributed by atoms with Gasteiger partial charge in [0.1, 0.15) is 6.07 Å². The molecule has 9 rings (SSSR count). The van der Waals surface area contributed by atoms with Crippen molar-refractivity contribution in [1.82, 2.24) is 9.13 Å². The molecule has 0 fully saturated rings. The van der Waals surface area contributed by atoms with Crippen molar-refractivity contribution >= 4 is 49.7 Å². The van der Waals surface area contributed by atoms with Crippen molar-refractivity contribution in [3.05, 3.63) is 175 Å². The summed E-state index contributed by atoms with van der Waals surface area (Å²) in [4.78, 5) is 0. The van der Waals surface area contributed by atoms with Crippen molar-refractivity contribution in [1.29, 1.82) is 10.5 Å². The van der Waals surface area contributed by atoms with Gasteiger partial charge in [-0.1, -0.05) is 97.6 Å². The summed E-state index contributed by atoms with van der Waals surface area (Å²) in [5.41, 5.74) is 12.4. The Morgan fingerprint density at radius 2 is 1.06 bits per heavy atom. The van der Waals surface area contributed by atoms with Gasteiger partial charge in [-0.05, 0) is 89.0 Å². The first kappa shape index (κ1) is 29.0. The minimum absolute atomic E-state index is 0.559. The topological polar surface area (TPSA) is 57.4 Å². The van der Waals surface area contributed by atoms with Crippen LogP contribution in [0.1, 0.15) is 16.7 Å². The third kappa shape index (κ3) is 4.44. The van der Waals surface area contributed by atoms with Crippen molar-refractivity contribution in [2.75, 3.05) is 0 Å². The molecule has 0 aliphatic heterocycles. The van der Waals surface area contributed by atoms with Crippen LogP contribution in [0.25, 0.3) is 83.3 Å². The molecule has 0 radical (unpaired) electrons. The van der Waals surface area contributed by atoms with Crippen LogP contribution in [-0.2, 0) is 0 Å². The fourth-order valence-electron chi connectivity index (χ4n) is 7.44. The summed E-state index contributed by atoms with van der Waals surface area (Å²) in [6.45, 7) is 4.01. The van der Waals surface area contributed by atoms with E-state index >= 15 is 0 Å². The number of para-hydroxylation sites is 2. The van der Waals surface area contributed by atoms with Crippen LogP contribution in [0.5, 0.6) is 0 Å². The average Bonchev–Trinajstić information content (AvgIpc) is 3.69.